The number of nitrogens with zero attached hydrogens (tertiary/aromatic N) is 1. The van der Waals surface area contributed by atoms with E-state index in [1.165, 1.54) is 11.3 Å². The summed E-state index contributed by atoms with van der Waals surface area (Å²) in [6.45, 7) is 0. The van der Waals surface area contributed by atoms with E-state index < -0.39 is 0 Å². The van der Waals surface area contributed by atoms with E-state index in [0.29, 0.717) is 22.3 Å². The topological polar surface area (TPSA) is 77.2 Å². The molecule has 2 aromatic rings. The fourth-order valence-electron chi connectivity index (χ4n) is 3.02. The van der Waals surface area contributed by atoms with Gasteiger partial charge in [-0.05, 0) is 37.0 Å². The smallest absolute Gasteiger partial charge is 0.226 e. The lowest BCUT2D eigenvalue weighted by Gasteiger charge is -2.13. The molecule has 0 unspecified atom stereocenters. The van der Waals surface area contributed by atoms with Crippen LogP contribution in [0.1, 0.15) is 25.7 Å². The van der Waals surface area contributed by atoms with Crippen molar-refractivity contribution >= 4 is 34.0 Å². The minimum Gasteiger partial charge on any atom is -0.495 e. The lowest BCUT2D eigenvalue weighted by atomic mass is 10.00. The number of carbonyl (C=O) groups is 1. The van der Waals surface area contributed by atoms with Crippen LogP contribution in [0, 0.1) is 5.92 Å². The van der Waals surface area contributed by atoms with Gasteiger partial charge in [0.1, 0.15) is 5.75 Å². The van der Waals surface area contributed by atoms with Gasteiger partial charge in [-0.2, -0.15) is 0 Å². The van der Waals surface area contributed by atoms with E-state index in [0.717, 1.165) is 30.5 Å². The number of thiazole rings is 1. The first-order valence-electron chi connectivity index (χ1n) is 7.91. The largest absolute Gasteiger partial charge is 0.495 e. The Hall–Kier alpha value is -1.63. The summed E-state index contributed by atoms with van der Waals surface area (Å²) in [5.41, 5.74) is 7.68. The maximum atomic E-state index is 12.2. The van der Waals surface area contributed by atoms with Crippen LogP contribution in [0.3, 0.4) is 0 Å². The molecular formula is C17H20ClN3O2S. The first kappa shape index (κ1) is 17.2. The van der Waals surface area contributed by atoms with Crippen LogP contribution >= 0.6 is 22.9 Å². The third-order valence-electron chi connectivity index (χ3n) is 4.36. The van der Waals surface area contributed by atoms with Crippen molar-refractivity contribution in [2.24, 2.45) is 11.7 Å². The van der Waals surface area contributed by atoms with E-state index in [2.05, 4.69) is 10.3 Å². The minimum atomic E-state index is -0.0222. The van der Waals surface area contributed by atoms with Gasteiger partial charge in [-0.15, -0.1) is 11.3 Å². The van der Waals surface area contributed by atoms with E-state index in [1.807, 2.05) is 11.4 Å². The van der Waals surface area contributed by atoms with Crippen molar-refractivity contribution in [1.82, 2.24) is 4.98 Å². The monoisotopic (exact) mass is 365 g/mol. The van der Waals surface area contributed by atoms with Gasteiger partial charge < -0.3 is 15.8 Å². The second kappa shape index (κ2) is 7.51. The zero-order valence-electron chi connectivity index (χ0n) is 13.4. The number of methoxy groups -OCH3 is 1. The highest BCUT2D eigenvalue weighted by Crippen LogP contribution is 2.32. The van der Waals surface area contributed by atoms with E-state index in [9.17, 15) is 4.79 Å². The minimum absolute atomic E-state index is 0.0222. The number of hydrogen-bond donors (Lipinski definition) is 2. The molecule has 1 amide bonds. The molecule has 1 fully saturated rings. The number of halogens is 1. The lowest BCUT2D eigenvalue weighted by Crippen LogP contribution is -2.28. The van der Waals surface area contributed by atoms with Crippen molar-refractivity contribution in [3.05, 3.63) is 28.6 Å². The van der Waals surface area contributed by atoms with E-state index in [-0.39, 0.29) is 17.9 Å². The molecule has 1 aliphatic carbocycles. The van der Waals surface area contributed by atoms with Gasteiger partial charge in [-0.3, -0.25) is 4.79 Å². The highest BCUT2D eigenvalue weighted by molar-refractivity contribution is 7.14. The molecule has 3 rings (SSSR count). The number of anilines is 1. The number of hydrogen-bond acceptors (Lipinski definition) is 5. The highest BCUT2D eigenvalue weighted by atomic mass is 35.5. The molecule has 1 aliphatic rings. The van der Waals surface area contributed by atoms with Crippen LogP contribution in [0.25, 0.3) is 11.3 Å². The van der Waals surface area contributed by atoms with Gasteiger partial charge in [-0.1, -0.05) is 18.0 Å². The van der Waals surface area contributed by atoms with Crippen LogP contribution in [0.5, 0.6) is 5.75 Å². The molecule has 0 radical (unpaired) electrons. The molecule has 1 saturated carbocycles. The summed E-state index contributed by atoms with van der Waals surface area (Å²) in [6.07, 6.45) is 3.61. The molecule has 24 heavy (non-hydrogen) atoms. The molecule has 1 aromatic heterocycles. The normalized spacial score (nSPS) is 20.1. The molecule has 2 atom stereocenters. The Kier molecular flexibility index (Phi) is 5.38. The molecule has 3 N–H and O–H groups in total. The van der Waals surface area contributed by atoms with Gasteiger partial charge in [0.2, 0.25) is 5.91 Å². The van der Waals surface area contributed by atoms with Crippen LogP contribution in [-0.4, -0.2) is 24.0 Å². The Morgan fingerprint density at radius 3 is 3.00 bits per heavy atom. The summed E-state index contributed by atoms with van der Waals surface area (Å²) in [5, 5.41) is 5.89. The van der Waals surface area contributed by atoms with Gasteiger partial charge in [0.25, 0.3) is 0 Å². The third kappa shape index (κ3) is 3.88. The number of aromatic nitrogens is 1. The molecule has 7 heteroatoms. The van der Waals surface area contributed by atoms with Crippen LogP contribution in [0.15, 0.2) is 23.6 Å². The second-order valence-electron chi connectivity index (χ2n) is 5.99. The number of amides is 1. The quantitative estimate of drug-likeness (QED) is 0.841. The van der Waals surface area contributed by atoms with Gasteiger partial charge in [0.05, 0.1) is 17.8 Å². The number of carbonyl (C=O) groups excluding carboxylic acids is 1. The zero-order chi connectivity index (χ0) is 17.1. The Labute approximate surface area is 150 Å². The third-order valence-corrected chi connectivity index (χ3v) is 5.42. The van der Waals surface area contributed by atoms with Crippen molar-refractivity contribution in [1.29, 1.82) is 0 Å². The standard InChI is InChI=1S/C17H20ClN3O2S/c1-23-15-6-5-11(7-12(15)18)14-9-24-17(20-14)21-16(22)8-10-3-2-4-13(10)19/h5-7,9-10,13H,2-4,8,19H2,1H3,(H,20,21,22)/t10-,13+/m0/s1. The molecular weight excluding hydrogens is 346 g/mol. The first-order valence-corrected chi connectivity index (χ1v) is 9.17. The number of rotatable bonds is 5. The van der Waals surface area contributed by atoms with Crippen molar-refractivity contribution in [2.75, 3.05) is 12.4 Å². The maximum Gasteiger partial charge on any atom is 0.226 e. The molecule has 0 saturated heterocycles. The molecule has 5 nitrogen and oxygen atoms in total. The molecule has 0 aliphatic heterocycles. The summed E-state index contributed by atoms with van der Waals surface area (Å²) in [5.74, 6) is 0.882. The van der Waals surface area contributed by atoms with Gasteiger partial charge in [0.15, 0.2) is 5.13 Å². The van der Waals surface area contributed by atoms with E-state index >= 15 is 0 Å². The number of nitrogens with two attached hydrogens (primary N) is 1. The summed E-state index contributed by atoms with van der Waals surface area (Å²) in [7, 11) is 1.58. The highest BCUT2D eigenvalue weighted by Gasteiger charge is 2.26. The lowest BCUT2D eigenvalue weighted by molar-refractivity contribution is -0.117. The van der Waals surface area contributed by atoms with Gasteiger partial charge in [0, 0.05) is 23.4 Å². The second-order valence-corrected chi connectivity index (χ2v) is 7.26. The number of ether oxygens (including phenoxy) is 1. The predicted molar refractivity (Wildman–Crippen MR) is 97.7 cm³/mol. The first-order chi connectivity index (χ1) is 11.6. The molecule has 0 bridgehead atoms. The van der Waals surface area contributed by atoms with Crippen molar-refractivity contribution < 1.29 is 9.53 Å². The fraction of sp³-hybridized carbons (Fsp3) is 0.412. The molecule has 0 spiro atoms. The Morgan fingerprint density at radius 1 is 1.50 bits per heavy atom. The van der Waals surface area contributed by atoms with Gasteiger partial charge in [-0.25, -0.2) is 4.98 Å². The zero-order valence-corrected chi connectivity index (χ0v) is 15.0. The summed E-state index contributed by atoms with van der Waals surface area (Å²) < 4.78 is 5.15. The number of benzene rings is 1. The number of nitrogens with one attached hydrogen (secondary N) is 1. The van der Waals surface area contributed by atoms with Crippen LogP contribution < -0.4 is 15.8 Å². The Bertz CT molecular complexity index is 734. The molecule has 128 valence electrons. The SMILES string of the molecule is COc1ccc(-c2csc(NC(=O)C[C@@H]3CCC[C@H]3N)n2)cc1Cl. The predicted octanol–water partition coefficient (Wildman–Crippen LogP) is 3.93. The summed E-state index contributed by atoms with van der Waals surface area (Å²) in [4.78, 5) is 16.6. The van der Waals surface area contributed by atoms with E-state index in [4.69, 9.17) is 22.1 Å². The Balaban J connectivity index is 1.65. The fourth-order valence-corrected chi connectivity index (χ4v) is 4.01. The summed E-state index contributed by atoms with van der Waals surface area (Å²) >= 11 is 7.55. The molecule has 1 aromatic carbocycles. The van der Waals surface area contributed by atoms with E-state index in [1.54, 1.807) is 19.2 Å². The van der Waals surface area contributed by atoms with Crippen LogP contribution in [0.2, 0.25) is 5.02 Å². The maximum absolute atomic E-state index is 12.2. The van der Waals surface area contributed by atoms with Gasteiger partial charge >= 0.3 is 0 Å². The van der Waals surface area contributed by atoms with Crippen LogP contribution in [0.4, 0.5) is 5.13 Å². The summed E-state index contributed by atoms with van der Waals surface area (Å²) in [6, 6.07) is 5.64. The molecule has 1 heterocycles. The van der Waals surface area contributed by atoms with Crippen molar-refractivity contribution in [3.63, 3.8) is 0 Å². The average molecular weight is 366 g/mol. The van der Waals surface area contributed by atoms with Crippen LogP contribution in [-0.2, 0) is 4.79 Å². The average Bonchev–Trinajstić information content (AvgIpc) is 3.17. The van der Waals surface area contributed by atoms with Crippen molar-refractivity contribution in [3.8, 4) is 17.0 Å². The Morgan fingerprint density at radius 2 is 2.33 bits per heavy atom. The van der Waals surface area contributed by atoms with Crippen molar-refractivity contribution in [2.45, 2.75) is 31.7 Å².